The lowest BCUT2D eigenvalue weighted by Crippen LogP contribution is -2.35. The van der Waals surface area contributed by atoms with Crippen LogP contribution >= 0.6 is 0 Å². The molecule has 1 aliphatic carbocycles. The van der Waals surface area contributed by atoms with Crippen molar-refractivity contribution in [1.29, 1.82) is 0 Å². The summed E-state index contributed by atoms with van der Waals surface area (Å²) in [4.78, 5) is 30.2. The molecule has 2 aromatic heterocycles. The third-order valence-corrected chi connectivity index (χ3v) is 5.67. The lowest BCUT2D eigenvalue weighted by Gasteiger charge is -2.14. The van der Waals surface area contributed by atoms with E-state index in [1.165, 1.54) is 17.5 Å². The van der Waals surface area contributed by atoms with Crippen molar-refractivity contribution in [3.8, 4) is 17.0 Å². The minimum Gasteiger partial charge on any atom is -0.497 e. The Bertz CT molecular complexity index is 1090. The van der Waals surface area contributed by atoms with Gasteiger partial charge in [0, 0.05) is 18.3 Å². The summed E-state index contributed by atoms with van der Waals surface area (Å²) < 4.78 is 6.69. The highest BCUT2D eigenvalue weighted by Gasteiger charge is 2.21. The largest absolute Gasteiger partial charge is 0.497 e. The summed E-state index contributed by atoms with van der Waals surface area (Å²) in [6, 6.07) is 14.5. The van der Waals surface area contributed by atoms with Gasteiger partial charge in [-0.1, -0.05) is 18.9 Å². The molecule has 1 N–H and O–H groups in total. The Morgan fingerprint density at radius 1 is 1.16 bits per heavy atom. The zero-order valence-corrected chi connectivity index (χ0v) is 17.6. The molecule has 0 unspecified atom stereocenters. The van der Waals surface area contributed by atoms with Crippen LogP contribution in [0.5, 0.6) is 5.75 Å². The molecule has 1 aromatic carbocycles. The highest BCUT2D eigenvalue weighted by atomic mass is 16.5. The van der Waals surface area contributed by atoms with Crippen LogP contribution in [0.3, 0.4) is 0 Å². The molecule has 1 fully saturated rings. The van der Waals surface area contributed by atoms with Gasteiger partial charge in [0.15, 0.2) is 0 Å². The minimum absolute atomic E-state index is 0.0924. The second kappa shape index (κ2) is 9.55. The van der Waals surface area contributed by atoms with Crippen LogP contribution in [-0.4, -0.2) is 27.8 Å². The molecule has 160 valence electrons. The van der Waals surface area contributed by atoms with Crippen molar-refractivity contribution < 1.29 is 9.53 Å². The zero-order valence-electron chi connectivity index (χ0n) is 17.6. The summed E-state index contributed by atoms with van der Waals surface area (Å²) in [6.45, 7) is 0.783. The van der Waals surface area contributed by atoms with Crippen molar-refractivity contribution in [2.24, 2.45) is 5.92 Å². The van der Waals surface area contributed by atoms with Crippen LogP contribution in [-0.2, 0) is 13.1 Å². The number of benzene rings is 1. The number of nitrogens with one attached hydrogen (secondary N) is 1. The number of nitrogens with zero attached hydrogens (tertiary/aromatic N) is 3. The van der Waals surface area contributed by atoms with E-state index in [2.05, 4.69) is 15.4 Å². The molecule has 0 saturated heterocycles. The van der Waals surface area contributed by atoms with Crippen LogP contribution in [0.4, 0.5) is 0 Å². The number of methoxy groups -OCH3 is 1. The summed E-state index contributed by atoms with van der Waals surface area (Å²) >= 11 is 0. The third kappa shape index (κ3) is 4.99. The van der Waals surface area contributed by atoms with Gasteiger partial charge in [0.2, 0.25) is 0 Å². The highest BCUT2D eigenvalue weighted by molar-refractivity contribution is 5.94. The van der Waals surface area contributed by atoms with Gasteiger partial charge in [0.1, 0.15) is 11.3 Å². The third-order valence-electron chi connectivity index (χ3n) is 5.67. The first-order valence-corrected chi connectivity index (χ1v) is 10.6. The smallest absolute Gasteiger partial charge is 0.279 e. The fourth-order valence-electron chi connectivity index (χ4n) is 3.94. The van der Waals surface area contributed by atoms with Gasteiger partial charge in [-0.25, -0.2) is 4.68 Å². The second-order valence-electron chi connectivity index (χ2n) is 7.81. The quantitative estimate of drug-likeness (QED) is 0.635. The van der Waals surface area contributed by atoms with Gasteiger partial charge in [0.25, 0.3) is 11.5 Å². The lowest BCUT2D eigenvalue weighted by molar-refractivity contribution is 0.0947. The van der Waals surface area contributed by atoms with Crippen molar-refractivity contribution in [3.63, 3.8) is 0 Å². The Labute approximate surface area is 181 Å². The van der Waals surface area contributed by atoms with Gasteiger partial charge in [-0.05, 0) is 61.2 Å². The van der Waals surface area contributed by atoms with Gasteiger partial charge in [-0.15, -0.1) is 0 Å². The van der Waals surface area contributed by atoms with Gasteiger partial charge in [-0.3, -0.25) is 14.6 Å². The van der Waals surface area contributed by atoms with Crippen molar-refractivity contribution >= 4 is 5.91 Å². The number of ether oxygens (including phenoxy) is 1. The molecule has 31 heavy (non-hydrogen) atoms. The van der Waals surface area contributed by atoms with Crippen LogP contribution in [0.15, 0.2) is 59.5 Å². The predicted molar refractivity (Wildman–Crippen MR) is 118 cm³/mol. The number of carbonyl (C=O) groups is 1. The van der Waals surface area contributed by atoms with Crippen molar-refractivity contribution in [2.45, 2.75) is 38.8 Å². The number of carbonyl (C=O) groups excluding carboxylic acids is 1. The average molecular weight is 418 g/mol. The van der Waals surface area contributed by atoms with E-state index in [4.69, 9.17) is 4.74 Å². The van der Waals surface area contributed by atoms with Crippen LogP contribution in [0.1, 0.15) is 41.7 Å². The van der Waals surface area contributed by atoms with Gasteiger partial charge < -0.3 is 10.1 Å². The summed E-state index contributed by atoms with van der Waals surface area (Å²) in [5.74, 6) is 0.727. The predicted octanol–water partition coefficient (Wildman–Crippen LogP) is 3.43. The number of rotatable bonds is 7. The molecule has 0 bridgehead atoms. The molecule has 3 aromatic rings. The van der Waals surface area contributed by atoms with E-state index in [0.29, 0.717) is 18.2 Å². The van der Waals surface area contributed by atoms with E-state index in [1.807, 2.05) is 42.5 Å². The zero-order chi connectivity index (χ0) is 21.6. The Kier molecular flexibility index (Phi) is 6.40. The second-order valence-corrected chi connectivity index (χ2v) is 7.81. The molecule has 2 heterocycles. The Morgan fingerprint density at radius 2 is 1.94 bits per heavy atom. The van der Waals surface area contributed by atoms with Crippen molar-refractivity contribution in [2.75, 3.05) is 7.11 Å². The van der Waals surface area contributed by atoms with E-state index in [0.717, 1.165) is 29.8 Å². The Morgan fingerprint density at radius 3 is 2.61 bits per heavy atom. The molecule has 0 spiro atoms. The molecular formula is C24H26N4O3. The number of amides is 1. The fraction of sp³-hybridized carbons (Fsp3) is 0.333. The highest BCUT2D eigenvalue weighted by Crippen LogP contribution is 2.26. The lowest BCUT2D eigenvalue weighted by atomic mass is 10.1. The van der Waals surface area contributed by atoms with Gasteiger partial charge >= 0.3 is 0 Å². The number of hydrogen-bond donors (Lipinski definition) is 1. The van der Waals surface area contributed by atoms with E-state index >= 15 is 0 Å². The Balaban J connectivity index is 1.66. The van der Waals surface area contributed by atoms with Crippen LogP contribution in [0, 0.1) is 5.92 Å². The van der Waals surface area contributed by atoms with Crippen molar-refractivity contribution in [1.82, 2.24) is 20.1 Å². The first-order valence-electron chi connectivity index (χ1n) is 10.6. The molecule has 0 atom stereocenters. The normalized spacial score (nSPS) is 13.8. The molecule has 1 aliphatic rings. The molecule has 4 rings (SSSR count). The first kappa shape index (κ1) is 20.8. The summed E-state index contributed by atoms with van der Waals surface area (Å²) in [5.41, 5.74) is 1.87. The number of aromatic nitrogens is 3. The fourth-order valence-corrected chi connectivity index (χ4v) is 3.94. The topological polar surface area (TPSA) is 86.1 Å². The monoisotopic (exact) mass is 418 g/mol. The van der Waals surface area contributed by atoms with Crippen LogP contribution < -0.4 is 15.6 Å². The van der Waals surface area contributed by atoms with E-state index in [-0.39, 0.29) is 17.7 Å². The average Bonchev–Trinajstić information content (AvgIpc) is 3.33. The molecule has 0 radical (unpaired) electrons. The van der Waals surface area contributed by atoms with E-state index in [1.54, 1.807) is 19.4 Å². The summed E-state index contributed by atoms with van der Waals surface area (Å²) in [7, 11) is 1.61. The van der Waals surface area contributed by atoms with Crippen LogP contribution in [0.2, 0.25) is 0 Å². The van der Waals surface area contributed by atoms with Crippen molar-refractivity contribution in [3.05, 3.63) is 76.3 Å². The van der Waals surface area contributed by atoms with E-state index in [9.17, 15) is 9.59 Å². The van der Waals surface area contributed by atoms with Gasteiger partial charge in [0.05, 0.1) is 25.0 Å². The summed E-state index contributed by atoms with van der Waals surface area (Å²) in [5, 5.41) is 7.41. The minimum atomic E-state index is -0.423. The molecule has 7 nitrogen and oxygen atoms in total. The van der Waals surface area contributed by atoms with Crippen LogP contribution in [0.25, 0.3) is 11.3 Å². The molecule has 0 aliphatic heterocycles. The number of pyridine rings is 1. The maximum absolute atomic E-state index is 13.1. The molecule has 1 saturated carbocycles. The SMILES string of the molecule is COc1ccc(-c2cc(C(=O)NCc3ccccn3)c(=O)n(CC3CCCC3)n2)cc1. The maximum atomic E-state index is 13.1. The summed E-state index contributed by atoms with van der Waals surface area (Å²) in [6.07, 6.45) is 6.19. The first-order chi connectivity index (χ1) is 15.1. The maximum Gasteiger partial charge on any atom is 0.279 e. The Hall–Kier alpha value is -3.48. The molecule has 7 heteroatoms. The van der Waals surface area contributed by atoms with E-state index < -0.39 is 5.91 Å². The standard InChI is InChI=1S/C24H26N4O3/c1-31-20-11-9-18(10-12-20)22-14-21(23(29)26-15-19-8-4-5-13-25-19)24(30)28(27-22)16-17-6-2-3-7-17/h4-5,8-14,17H,2-3,6-7,15-16H2,1H3,(H,26,29). The molecule has 1 amide bonds. The molecular weight excluding hydrogens is 392 g/mol. The van der Waals surface area contributed by atoms with Gasteiger partial charge in [-0.2, -0.15) is 5.10 Å². The number of hydrogen-bond acceptors (Lipinski definition) is 5.